The minimum Gasteiger partial charge on any atom is -0.334 e. The van der Waals surface area contributed by atoms with E-state index < -0.39 is 0 Å². The molecule has 0 unspecified atom stereocenters. The summed E-state index contributed by atoms with van der Waals surface area (Å²) in [7, 11) is 0. The molecule has 21 heavy (non-hydrogen) atoms. The number of amides is 1. The quantitative estimate of drug-likeness (QED) is 0.626. The third-order valence-corrected chi connectivity index (χ3v) is 4.61. The van der Waals surface area contributed by atoms with E-state index in [2.05, 4.69) is 34.3 Å². The van der Waals surface area contributed by atoms with Crippen molar-refractivity contribution < 1.29 is 4.79 Å². The predicted molar refractivity (Wildman–Crippen MR) is 85.8 cm³/mol. The highest BCUT2D eigenvalue weighted by Gasteiger charge is 2.10. The molecule has 8 heteroatoms. The maximum Gasteiger partial charge on any atom is 0.227 e. The summed E-state index contributed by atoms with van der Waals surface area (Å²) in [4.78, 5) is 16.2. The van der Waals surface area contributed by atoms with Crippen molar-refractivity contribution in [3.63, 3.8) is 0 Å². The Morgan fingerprint density at radius 1 is 1.48 bits per heavy atom. The molecule has 1 N–H and O–H groups in total. The zero-order chi connectivity index (χ0) is 15.2. The fraction of sp³-hybridized carbons (Fsp3) is 0.538. The number of nitrogens with zero attached hydrogens (tertiary/aromatic N) is 4. The monoisotopic (exact) mass is 325 g/mol. The number of hydrogen-bond acceptors (Lipinski definition) is 6. The minimum absolute atomic E-state index is 0.0528. The van der Waals surface area contributed by atoms with Crippen LogP contribution in [0.15, 0.2) is 16.7 Å². The third-order valence-electron chi connectivity index (χ3n) is 2.69. The van der Waals surface area contributed by atoms with Gasteiger partial charge in [-0.25, -0.2) is 4.98 Å². The van der Waals surface area contributed by atoms with Gasteiger partial charge in [0.2, 0.25) is 11.0 Å². The zero-order valence-corrected chi connectivity index (χ0v) is 14.0. The lowest BCUT2D eigenvalue weighted by Gasteiger charge is -2.05. The number of carbonyl (C=O) groups is 1. The molecule has 2 heterocycles. The Balaban J connectivity index is 1.83. The first-order chi connectivity index (χ1) is 10.1. The Bertz CT molecular complexity index is 593. The average molecular weight is 325 g/mol. The van der Waals surface area contributed by atoms with Gasteiger partial charge in [0.1, 0.15) is 5.82 Å². The smallest absolute Gasteiger partial charge is 0.227 e. The Morgan fingerprint density at radius 2 is 2.29 bits per heavy atom. The van der Waals surface area contributed by atoms with Crippen LogP contribution in [0, 0.1) is 0 Å². The molecule has 0 aliphatic rings. The highest BCUT2D eigenvalue weighted by atomic mass is 32.2. The molecule has 0 spiro atoms. The molecule has 0 radical (unpaired) electrons. The van der Waals surface area contributed by atoms with Crippen LogP contribution in [0.4, 0.5) is 5.13 Å². The van der Waals surface area contributed by atoms with Crippen molar-refractivity contribution in [2.75, 3.05) is 5.32 Å². The third kappa shape index (κ3) is 4.82. The summed E-state index contributed by atoms with van der Waals surface area (Å²) in [6, 6.07) is 0. The van der Waals surface area contributed by atoms with Gasteiger partial charge in [0.25, 0.3) is 0 Å². The number of anilines is 1. The lowest BCUT2D eigenvalue weighted by molar-refractivity contribution is -0.116. The van der Waals surface area contributed by atoms with E-state index in [9.17, 15) is 4.79 Å². The summed E-state index contributed by atoms with van der Waals surface area (Å²) in [6.45, 7) is 6.87. The van der Waals surface area contributed by atoms with Gasteiger partial charge >= 0.3 is 0 Å². The van der Waals surface area contributed by atoms with E-state index in [-0.39, 0.29) is 5.91 Å². The van der Waals surface area contributed by atoms with Crippen molar-refractivity contribution in [3.8, 4) is 0 Å². The van der Waals surface area contributed by atoms with Gasteiger partial charge in [-0.2, -0.15) is 0 Å². The van der Waals surface area contributed by atoms with E-state index in [1.807, 2.05) is 17.7 Å². The minimum atomic E-state index is -0.0528. The first-order valence-electron chi connectivity index (χ1n) is 6.88. The fourth-order valence-corrected chi connectivity index (χ4v) is 3.76. The summed E-state index contributed by atoms with van der Waals surface area (Å²) in [5, 5.41) is 11.8. The molecule has 0 aliphatic carbocycles. The highest BCUT2D eigenvalue weighted by Crippen LogP contribution is 2.28. The van der Waals surface area contributed by atoms with E-state index in [1.54, 1.807) is 18.0 Å². The molecule has 0 aromatic carbocycles. The molecule has 2 aromatic heterocycles. The number of rotatable bonds is 7. The SMILES string of the molecule is CCc1nccn1CCC(=O)Nc1nnc(SC(C)C)s1. The predicted octanol–water partition coefficient (Wildman–Crippen LogP) is 2.83. The van der Waals surface area contributed by atoms with Gasteiger partial charge in [0, 0.05) is 37.0 Å². The van der Waals surface area contributed by atoms with Crippen LogP contribution in [0.1, 0.15) is 33.0 Å². The van der Waals surface area contributed by atoms with Crippen LogP contribution >= 0.6 is 23.1 Å². The second-order valence-corrected chi connectivity index (χ2v) is 7.53. The molecule has 0 fully saturated rings. The highest BCUT2D eigenvalue weighted by molar-refractivity contribution is 8.01. The molecule has 114 valence electrons. The number of thioether (sulfide) groups is 1. The second-order valence-electron chi connectivity index (χ2n) is 4.73. The number of nitrogens with one attached hydrogen (secondary N) is 1. The Morgan fingerprint density at radius 3 is 3.00 bits per heavy atom. The molecule has 1 amide bonds. The topological polar surface area (TPSA) is 72.7 Å². The molecule has 6 nitrogen and oxygen atoms in total. The number of imidazole rings is 1. The molecule has 0 bridgehead atoms. The summed E-state index contributed by atoms with van der Waals surface area (Å²) in [6.07, 6.45) is 4.92. The Kier molecular flexibility index (Phi) is 5.75. The van der Waals surface area contributed by atoms with Crippen LogP contribution in [0.3, 0.4) is 0 Å². The molecular formula is C13H19N5OS2. The van der Waals surface area contributed by atoms with Crippen LogP contribution in [-0.2, 0) is 17.8 Å². The molecule has 0 saturated carbocycles. The van der Waals surface area contributed by atoms with Gasteiger partial charge in [-0.05, 0) is 0 Å². The molecular weight excluding hydrogens is 306 g/mol. The number of carbonyl (C=O) groups excluding carboxylic acids is 1. The van der Waals surface area contributed by atoms with Gasteiger partial charge in [0.15, 0.2) is 4.34 Å². The van der Waals surface area contributed by atoms with Gasteiger partial charge < -0.3 is 9.88 Å². The van der Waals surface area contributed by atoms with Crippen molar-refractivity contribution in [2.45, 2.75) is 49.7 Å². The van der Waals surface area contributed by atoms with Crippen molar-refractivity contribution in [2.24, 2.45) is 0 Å². The number of aryl methyl sites for hydroxylation is 2. The summed E-state index contributed by atoms with van der Waals surface area (Å²) < 4.78 is 2.88. The van der Waals surface area contributed by atoms with E-state index in [1.165, 1.54) is 11.3 Å². The van der Waals surface area contributed by atoms with Crippen LogP contribution in [0.5, 0.6) is 0 Å². The van der Waals surface area contributed by atoms with E-state index in [0.29, 0.717) is 23.3 Å². The van der Waals surface area contributed by atoms with Crippen molar-refractivity contribution in [1.82, 2.24) is 19.7 Å². The summed E-state index contributed by atoms with van der Waals surface area (Å²) >= 11 is 3.05. The van der Waals surface area contributed by atoms with Crippen LogP contribution in [0.25, 0.3) is 0 Å². The maximum atomic E-state index is 11.9. The summed E-state index contributed by atoms with van der Waals surface area (Å²) in [5.41, 5.74) is 0. The van der Waals surface area contributed by atoms with Crippen LogP contribution in [0.2, 0.25) is 0 Å². The Labute approximate surface area is 132 Å². The van der Waals surface area contributed by atoms with Crippen molar-refractivity contribution in [3.05, 3.63) is 18.2 Å². The first-order valence-corrected chi connectivity index (χ1v) is 8.58. The average Bonchev–Trinajstić information content (AvgIpc) is 3.04. The molecule has 2 aromatic rings. The Hall–Kier alpha value is -1.41. The molecule has 0 aliphatic heterocycles. The number of hydrogen-bond donors (Lipinski definition) is 1. The van der Waals surface area contributed by atoms with Gasteiger partial charge in [-0.3, -0.25) is 4.79 Å². The van der Waals surface area contributed by atoms with E-state index >= 15 is 0 Å². The fourth-order valence-electron chi connectivity index (χ4n) is 1.77. The van der Waals surface area contributed by atoms with Gasteiger partial charge in [-0.15, -0.1) is 10.2 Å². The van der Waals surface area contributed by atoms with Crippen molar-refractivity contribution in [1.29, 1.82) is 0 Å². The molecule has 2 rings (SSSR count). The lowest BCUT2D eigenvalue weighted by atomic mass is 10.3. The maximum absolute atomic E-state index is 11.9. The standard InChI is InChI=1S/C13H19N5OS2/c1-4-10-14-6-8-18(10)7-5-11(19)15-12-16-17-13(21-12)20-9(2)3/h6,8-9H,4-5,7H2,1-3H3,(H,15,16,19). The van der Waals surface area contributed by atoms with Gasteiger partial charge in [0.05, 0.1) is 0 Å². The first kappa shape index (κ1) is 16.0. The van der Waals surface area contributed by atoms with Crippen LogP contribution < -0.4 is 5.32 Å². The molecule has 0 saturated heterocycles. The normalized spacial score (nSPS) is 11.0. The molecule has 0 atom stereocenters. The zero-order valence-electron chi connectivity index (χ0n) is 12.4. The number of aromatic nitrogens is 4. The second kappa shape index (κ2) is 7.56. The van der Waals surface area contributed by atoms with Crippen molar-refractivity contribution >= 4 is 34.1 Å². The summed E-state index contributed by atoms with van der Waals surface area (Å²) in [5.74, 6) is 0.942. The van der Waals surface area contributed by atoms with Gasteiger partial charge in [-0.1, -0.05) is 43.9 Å². The van der Waals surface area contributed by atoms with E-state index in [4.69, 9.17) is 0 Å². The van der Waals surface area contributed by atoms with Crippen LogP contribution in [-0.4, -0.2) is 30.9 Å². The largest absolute Gasteiger partial charge is 0.334 e. The lowest BCUT2D eigenvalue weighted by Crippen LogP contribution is -2.15. The van der Waals surface area contributed by atoms with E-state index in [0.717, 1.165) is 16.6 Å².